The van der Waals surface area contributed by atoms with Crippen LogP contribution in [0.25, 0.3) is 0 Å². The van der Waals surface area contributed by atoms with Crippen molar-refractivity contribution < 1.29 is 59.5 Å². The van der Waals surface area contributed by atoms with Crippen LogP contribution in [0.3, 0.4) is 0 Å². The Labute approximate surface area is 216 Å². The third-order valence-electron chi connectivity index (χ3n) is 7.68. The summed E-state index contributed by atoms with van der Waals surface area (Å²) >= 11 is 0. The summed E-state index contributed by atoms with van der Waals surface area (Å²) in [7, 11) is 0. The van der Waals surface area contributed by atoms with Gasteiger partial charge in [-0.1, -0.05) is 19.4 Å². The minimum absolute atomic E-state index is 0.117. The summed E-state index contributed by atoms with van der Waals surface area (Å²) in [5.41, 5.74) is 0.829. The molecule has 3 rings (SSSR count). The molecule has 0 spiro atoms. The van der Waals surface area contributed by atoms with Gasteiger partial charge in [0.1, 0.15) is 48.8 Å². The summed E-state index contributed by atoms with van der Waals surface area (Å²) in [5, 5.41) is 70.4. The maximum Gasteiger partial charge on any atom is 0.186 e. The molecule has 0 saturated carbocycles. The summed E-state index contributed by atoms with van der Waals surface area (Å²) in [6.45, 7) is 6.81. The Hall–Kier alpha value is -1.03. The molecule has 0 aromatic rings. The topological polar surface area (TPSA) is 196 Å². The van der Waals surface area contributed by atoms with Gasteiger partial charge < -0.3 is 54.7 Å². The monoisotopic (exact) mass is 534 g/mol. The predicted molar refractivity (Wildman–Crippen MR) is 127 cm³/mol. The molecular formula is C25H42O12. The number of aliphatic hydroxyl groups is 7. The van der Waals surface area contributed by atoms with E-state index in [1.807, 2.05) is 6.92 Å². The minimum Gasteiger partial charge on any atom is -0.394 e. The molecule has 12 nitrogen and oxygen atoms in total. The molecule has 1 aliphatic carbocycles. The predicted octanol–water partition coefficient (Wildman–Crippen LogP) is -1.64. The van der Waals surface area contributed by atoms with E-state index in [0.29, 0.717) is 12.8 Å². The molecule has 3 aliphatic rings. The Bertz CT molecular complexity index is 801. The molecule has 0 amide bonds. The average Bonchev–Trinajstić information content (AvgIpc) is 2.82. The van der Waals surface area contributed by atoms with Crippen LogP contribution in [0.2, 0.25) is 0 Å². The number of carbonyl (C=O) groups excluding carboxylic acids is 1. The van der Waals surface area contributed by atoms with E-state index in [0.717, 1.165) is 12.0 Å². The Morgan fingerprint density at radius 1 is 0.946 bits per heavy atom. The van der Waals surface area contributed by atoms with E-state index < -0.39 is 80.7 Å². The normalized spacial score (nSPS) is 43.4. The number of rotatable bonds is 9. The van der Waals surface area contributed by atoms with Crippen LogP contribution in [0.4, 0.5) is 0 Å². The summed E-state index contributed by atoms with van der Waals surface area (Å²) in [4.78, 5) is 11.9. The zero-order valence-electron chi connectivity index (χ0n) is 21.7. The van der Waals surface area contributed by atoms with Gasteiger partial charge in [-0.2, -0.15) is 0 Å². The number of carbonyl (C=O) groups is 1. The number of allylic oxidation sites excluding steroid dienone is 2. The number of aliphatic hydroxyl groups excluding tert-OH is 7. The number of ether oxygens (including phenoxy) is 4. The van der Waals surface area contributed by atoms with Gasteiger partial charge in [-0.25, -0.2) is 0 Å². The summed E-state index contributed by atoms with van der Waals surface area (Å²) in [6.07, 6.45) is -11.5. The first-order chi connectivity index (χ1) is 17.3. The second-order valence-corrected chi connectivity index (χ2v) is 11.1. The lowest BCUT2D eigenvalue weighted by molar-refractivity contribution is -0.335. The van der Waals surface area contributed by atoms with Gasteiger partial charge in [-0.15, -0.1) is 0 Å². The van der Waals surface area contributed by atoms with Crippen LogP contribution in [0.1, 0.15) is 47.0 Å². The fourth-order valence-electron chi connectivity index (χ4n) is 5.47. The van der Waals surface area contributed by atoms with E-state index in [4.69, 9.17) is 18.9 Å². The lowest BCUT2D eigenvalue weighted by atomic mass is 9.66. The van der Waals surface area contributed by atoms with E-state index in [1.54, 1.807) is 13.0 Å². The van der Waals surface area contributed by atoms with Crippen LogP contribution in [0, 0.1) is 11.3 Å². The third-order valence-corrected chi connectivity index (χ3v) is 7.68. The van der Waals surface area contributed by atoms with Crippen molar-refractivity contribution in [1.29, 1.82) is 0 Å². The Balaban J connectivity index is 1.57. The summed E-state index contributed by atoms with van der Waals surface area (Å²) in [6, 6.07) is 0. The highest BCUT2D eigenvalue weighted by atomic mass is 16.7. The molecule has 0 unspecified atom stereocenters. The summed E-state index contributed by atoms with van der Waals surface area (Å²) < 4.78 is 22.3. The Morgan fingerprint density at radius 3 is 2.11 bits per heavy atom. The van der Waals surface area contributed by atoms with Crippen LogP contribution in [-0.2, 0) is 23.7 Å². The minimum atomic E-state index is -1.64. The van der Waals surface area contributed by atoms with Gasteiger partial charge in [0.25, 0.3) is 0 Å². The molecule has 2 fully saturated rings. The highest BCUT2D eigenvalue weighted by molar-refractivity contribution is 5.91. The van der Waals surface area contributed by atoms with Crippen molar-refractivity contribution in [2.75, 3.05) is 13.2 Å². The lowest BCUT2D eigenvalue weighted by Crippen LogP contribution is -2.62. The molecule has 0 aromatic carbocycles. The van der Waals surface area contributed by atoms with Crippen molar-refractivity contribution in [3.8, 4) is 0 Å². The van der Waals surface area contributed by atoms with Gasteiger partial charge in [0.05, 0.1) is 19.3 Å². The maximum absolute atomic E-state index is 11.9. The standard InChI is InChI=1S/C25H42O12/c1-11-7-13(27)8-25(3,4)14(11)6-5-12(2)35-24-22(33)20(31)18(29)16(37-24)10-34-23-21(32)19(30)17(28)15(9-26)36-23/h7,12,14-24,26,28-33H,5-6,8-10H2,1-4H3/t12-,14-,15-,16-,17-,18-,19+,20+,21-,22-,23-,24-/m1/s1. The Morgan fingerprint density at radius 2 is 1.51 bits per heavy atom. The molecule has 7 N–H and O–H groups in total. The quantitative estimate of drug-likeness (QED) is 0.178. The largest absolute Gasteiger partial charge is 0.394 e. The molecule has 0 bridgehead atoms. The van der Waals surface area contributed by atoms with Gasteiger partial charge in [0.15, 0.2) is 18.4 Å². The van der Waals surface area contributed by atoms with Crippen molar-refractivity contribution in [3.05, 3.63) is 11.6 Å². The fraction of sp³-hybridized carbons (Fsp3) is 0.880. The van der Waals surface area contributed by atoms with E-state index in [9.17, 15) is 40.5 Å². The van der Waals surface area contributed by atoms with Crippen LogP contribution in [0.15, 0.2) is 11.6 Å². The summed E-state index contributed by atoms with van der Waals surface area (Å²) in [5.74, 6) is 0.298. The van der Waals surface area contributed by atoms with Crippen LogP contribution < -0.4 is 0 Å². The van der Waals surface area contributed by atoms with Crippen molar-refractivity contribution in [1.82, 2.24) is 0 Å². The number of hydrogen-bond acceptors (Lipinski definition) is 12. The number of ketones is 1. The van der Waals surface area contributed by atoms with Gasteiger partial charge >= 0.3 is 0 Å². The molecule has 2 heterocycles. The van der Waals surface area contributed by atoms with E-state index in [1.165, 1.54) is 0 Å². The second-order valence-electron chi connectivity index (χ2n) is 11.1. The molecule has 214 valence electrons. The maximum atomic E-state index is 11.9. The molecule has 37 heavy (non-hydrogen) atoms. The Kier molecular flexibility index (Phi) is 10.3. The van der Waals surface area contributed by atoms with Crippen LogP contribution in [0.5, 0.6) is 0 Å². The second kappa shape index (κ2) is 12.4. The molecule has 12 atom stereocenters. The zero-order chi connectivity index (χ0) is 27.7. The molecule has 0 aromatic heterocycles. The third kappa shape index (κ3) is 6.95. The van der Waals surface area contributed by atoms with Gasteiger partial charge in [-0.05, 0) is 44.1 Å². The zero-order valence-corrected chi connectivity index (χ0v) is 21.7. The lowest BCUT2D eigenvalue weighted by Gasteiger charge is -2.43. The van der Waals surface area contributed by atoms with Crippen molar-refractivity contribution in [2.24, 2.45) is 11.3 Å². The number of hydrogen-bond donors (Lipinski definition) is 7. The molecule has 12 heteroatoms. The van der Waals surface area contributed by atoms with Crippen molar-refractivity contribution >= 4 is 5.78 Å². The highest BCUT2D eigenvalue weighted by Crippen LogP contribution is 2.42. The first kappa shape index (κ1) is 30.5. The first-order valence-corrected chi connectivity index (χ1v) is 12.7. The van der Waals surface area contributed by atoms with Crippen molar-refractivity contribution in [2.45, 2.75) is 114 Å². The average molecular weight is 535 g/mol. The molecule has 2 aliphatic heterocycles. The molecule has 0 radical (unpaired) electrons. The van der Waals surface area contributed by atoms with Crippen LogP contribution in [-0.4, -0.2) is 122 Å². The highest BCUT2D eigenvalue weighted by Gasteiger charge is 2.48. The molecule has 2 saturated heterocycles. The smallest absolute Gasteiger partial charge is 0.186 e. The van der Waals surface area contributed by atoms with E-state index in [2.05, 4.69) is 13.8 Å². The molecular weight excluding hydrogens is 492 g/mol. The fourth-order valence-corrected chi connectivity index (χ4v) is 5.47. The SMILES string of the molecule is CC1=CC(=O)CC(C)(C)[C@@H]1CC[C@@H](C)O[C@@H]1O[C@H](CO[C@@H]2O[C@H](CO)[C@@H](O)[C@H](O)[C@H]2O)[C@@H](O)[C@H](O)[C@H]1O. The van der Waals surface area contributed by atoms with E-state index in [-0.39, 0.29) is 17.1 Å². The van der Waals surface area contributed by atoms with Gasteiger partial charge in [-0.3, -0.25) is 4.79 Å². The van der Waals surface area contributed by atoms with Crippen LogP contribution >= 0.6 is 0 Å². The van der Waals surface area contributed by atoms with Gasteiger partial charge in [0.2, 0.25) is 0 Å². The van der Waals surface area contributed by atoms with Gasteiger partial charge in [0, 0.05) is 6.42 Å². The van der Waals surface area contributed by atoms with E-state index >= 15 is 0 Å². The van der Waals surface area contributed by atoms with Crippen molar-refractivity contribution in [3.63, 3.8) is 0 Å². The first-order valence-electron chi connectivity index (χ1n) is 12.7.